The number of amides is 2. The quantitative estimate of drug-likeness (QED) is 0.597. The predicted molar refractivity (Wildman–Crippen MR) is 92.0 cm³/mol. The number of hydrogen-bond acceptors (Lipinski definition) is 5. The topological polar surface area (TPSA) is 105 Å². The maximum atomic E-state index is 12.8. The number of nitro groups is 1. The van der Waals surface area contributed by atoms with Gasteiger partial charge in [0.25, 0.3) is 5.69 Å². The summed E-state index contributed by atoms with van der Waals surface area (Å²) in [6, 6.07) is 2.44. The summed E-state index contributed by atoms with van der Waals surface area (Å²) in [7, 11) is 0. The van der Waals surface area contributed by atoms with E-state index in [0.29, 0.717) is 18.9 Å². The molecule has 2 fully saturated rings. The summed E-state index contributed by atoms with van der Waals surface area (Å²) in [5, 5.41) is 11.2. The molecule has 1 aromatic carbocycles. The van der Waals surface area contributed by atoms with E-state index in [1.54, 1.807) is 4.90 Å². The summed E-state index contributed by atoms with van der Waals surface area (Å²) in [4.78, 5) is 35.7. The van der Waals surface area contributed by atoms with Gasteiger partial charge in [0.15, 0.2) is 0 Å². The third-order valence-electron chi connectivity index (χ3n) is 4.96. The second kappa shape index (κ2) is 7.64. The number of carbonyl (C=O) groups excluding carboxylic acids is 2. The van der Waals surface area contributed by atoms with Gasteiger partial charge in [-0.1, -0.05) is 0 Å². The van der Waals surface area contributed by atoms with Crippen LogP contribution < -0.4 is 15.8 Å². The van der Waals surface area contributed by atoms with Gasteiger partial charge in [-0.05, 0) is 37.8 Å². The molecule has 3 rings (SSSR count). The molecule has 11 heteroatoms. The van der Waals surface area contributed by atoms with E-state index in [1.165, 1.54) is 0 Å². The minimum atomic E-state index is -4.67. The minimum Gasteiger partial charge on any atom is -0.366 e. The lowest BCUT2D eigenvalue weighted by Gasteiger charge is -2.32. The van der Waals surface area contributed by atoms with E-state index in [4.69, 9.17) is 0 Å². The first-order valence-electron chi connectivity index (χ1n) is 8.87. The van der Waals surface area contributed by atoms with Crippen molar-refractivity contribution in [2.24, 2.45) is 11.8 Å². The number of halogens is 3. The summed E-state index contributed by atoms with van der Waals surface area (Å²) in [6.07, 6.45) is -2.32. The van der Waals surface area contributed by atoms with Crippen LogP contribution in [0.4, 0.5) is 24.5 Å². The molecule has 1 aliphatic heterocycles. The molecule has 0 aromatic heterocycles. The zero-order valence-corrected chi connectivity index (χ0v) is 14.8. The standard InChI is InChI=1S/C17H19F3N4O4/c18-17(19,20)12-3-4-13(14(9-12)24(27)28)23-7-5-11(6-8-23)16(26)22-21-15(25)10-1-2-10/h3-4,9-11H,1-2,5-8H2,(H,21,25)(H,22,26). The van der Waals surface area contributed by atoms with Gasteiger partial charge in [0.05, 0.1) is 10.5 Å². The van der Waals surface area contributed by atoms with Gasteiger partial charge in [-0.15, -0.1) is 0 Å². The summed E-state index contributed by atoms with van der Waals surface area (Å²) >= 11 is 0. The lowest BCUT2D eigenvalue weighted by Crippen LogP contribution is -2.47. The van der Waals surface area contributed by atoms with Crippen LogP contribution in [0.25, 0.3) is 0 Å². The van der Waals surface area contributed by atoms with Crippen molar-refractivity contribution >= 4 is 23.2 Å². The highest BCUT2D eigenvalue weighted by molar-refractivity contribution is 5.85. The van der Waals surface area contributed by atoms with Gasteiger partial charge in [0, 0.05) is 31.0 Å². The molecule has 1 aliphatic carbocycles. The van der Waals surface area contributed by atoms with Gasteiger partial charge in [0.2, 0.25) is 11.8 Å². The van der Waals surface area contributed by atoms with Crippen LogP contribution in [0, 0.1) is 22.0 Å². The number of anilines is 1. The molecule has 0 bridgehead atoms. The Morgan fingerprint density at radius 3 is 2.04 bits per heavy atom. The predicted octanol–water partition coefficient (Wildman–Crippen LogP) is 2.39. The second-order valence-electron chi connectivity index (χ2n) is 6.97. The van der Waals surface area contributed by atoms with Crippen molar-refractivity contribution in [1.29, 1.82) is 0 Å². The van der Waals surface area contributed by atoms with Gasteiger partial charge >= 0.3 is 6.18 Å². The molecular weight excluding hydrogens is 381 g/mol. The highest BCUT2D eigenvalue weighted by atomic mass is 19.4. The van der Waals surface area contributed by atoms with Crippen LogP contribution in [0.5, 0.6) is 0 Å². The molecule has 2 amide bonds. The van der Waals surface area contributed by atoms with Gasteiger partial charge in [-0.25, -0.2) is 0 Å². The van der Waals surface area contributed by atoms with E-state index in [2.05, 4.69) is 10.9 Å². The summed E-state index contributed by atoms with van der Waals surface area (Å²) in [5.74, 6) is -0.978. The average Bonchev–Trinajstić information content (AvgIpc) is 3.50. The number of nitrogens with one attached hydrogen (secondary N) is 2. The van der Waals surface area contributed by atoms with Crippen molar-refractivity contribution in [2.75, 3.05) is 18.0 Å². The summed E-state index contributed by atoms with van der Waals surface area (Å²) < 4.78 is 38.5. The highest BCUT2D eigenvalue weighted by Gasteiger charge is 2.35. The van der Waals surface area contributed by atoms with Crippen LogP contribution in [0.3, 0.4) is 0 Å². The first-order valence-corrected chi connectivity index (χ1v) is 8.87. The first kappa shape index (κ1) is 19.9. The number of nitro benzene ring substituents is 1. The molecule has 2 aliphatic rings. The fourth-order valence-corrected chi connectivity index (χ4v) is 3.17. The molecule has 28 heavy (non-hydrogen) atoms. The van der Waals surface area contributed by atoms with Crippen LogP contribution in [-0.2, 0) is 15.8 Å². The highest BCUT2D eigenvalue weighted by Crippen LogP contribution is 2.37. The Kier molecular flexibility index (Phi) is 5.43. The molecule has 1 aromatic rings. The second-order valence-corrected chi connectivity index (χ2v) is 6.97. The Bertz CT molecular complexity index is 787. The SMILES string of the molecule is O=C(NNC(=O)C1CCN(c2ccc(C(F)(F)F)cc2[N+](=O)[O-])CC1)C1CC1. The van der Waals surface area contributed by atoms with Gasteiger partial charge in [-0.3, -0.25) is 30.6 Å². The monoisotopic (exact) mass is 400 g/mol. The van der Waals surface area contributed by atoms with Crippen molar-refractivity contribution in [3.63, 3.8) is 0 Å². The van der Waals surface area contributed by atoms with Crippen LogP contribution in [0.1, 0.15) is 31.2 Å². The van der Waals surface area contributed by atoms with Crippen LogP contribution in [0.15, 0.2) is 18.2 Å². The maximum Gasteiger partial charge on any atom is 0.416 e. The van der Waals surface area contributed by atoms with E-state index >= 15 is 0 Å². The normalized spacial score (nSPS) is 17.9. The smallest absolute Gasteiger partial charge is 0.366 e. The largest absolute Gasteiger partial charge is 0.416 e. The third kappa shape index (κ3) is 4.52. The number of carbonyl (C=O) groups is 2. The number of piperidine rings is 1. The Balaban J connectivity index is 1.61. The van der Waals surface area contributed by atoms with Crippen molar-refractivity contribution in [1.82, 2.24) is 10.9 Å². The zero-order chi connectivity index (χ0) is 20.5. The van der Waals surface area contributed by atoms with Crippen LogP contribution in [0.2, 0.25) is 0 Å². The van der Waals surface area contributed by atoms with Crippen molar-refractivity contribution < 1.29 is 27.7 Å². The van der Waals surface area contributed by atoms with E-state index < -0.39 is 22.4 Å². The van der Waals surface area contributed by atoms with Gasteiger partial charge in [-0.2, -0.15) is 13.2 Å². The Labute approximate surface area is 158 Å². The van der Waals surface area contributed by atoms with Gasteiger partial charge < -0.3 is 4.90 Å². The Morgan fingerprint density at radius 1 is 1.04 bits per heavy atom. The molecule has 0 unspecified atom stereocenters. The zero-order valence-electron chi connectivity index (χ0n) is 14.8. The number of hydrogen-bond donors (Lipinski definition) is 2. The number of benzene rings is 1. The number of hydrazine groups is 1. The molecular formula is C17H19F3N4O4. The fraction of sp³-hybridized carbons (Fsp3) is 0.529. The third-order valence-corrected chi connectivity index (χ3v) is 4.96. The average molecular weight is 400 g/mol. The summed E-state index contributed by atoms with van der Waals surface area (Å²) in [6.45, 7) is 0.557. The lowest BCUT2D eigenvalue weighted by atomic mass is 9.95. The fourth-order valence-electron chi connectivity index (χ4n) is 3.17. The number of nitrogens with zero attached hydrogens (tertiary/aromatic N) is 2. The molecule has 0 atom stereocenters. The Hall–Kier alpha value is -2.85. The minimum absolute atomic E-state index is 0.0395. The molecule has 1 saturated heterocycles. The molecule has 0 radical (unpaired) electrons. The molecule has 1 heterocycles. The van der Waals surface area contributed by atoms with E-state index in [-0.39, 0.29) is 42.4 Å². The number of rotatable bonds is 4. The van der Waals surface area contributed by atoms with Crippen LogP contribution in [-0.4, -0.2) is 29.8 Å². The van der Waals surface area contributed by atoms with Crippen molar-refractivity contribution in [2.45, 2.75) is 31.9 Å². The number of alkyl halides is 3. The van der Waals surface area contributed by atoms with Crippen LogP contribution >= 0.6 is 0 Å². The van der Waals surface area contributed by atoms with E-state index in [9.17, 15) is 32.9 Å². The van der Waals surface area contributed by atoms with E-state index in [1.807, 2.05) is 0 Å². The van der Waals surface area contributed by atoms with E-state index in [0.717, 1.165) is 25.0 Å². The molecule has 152 valence electrons. The molecule has 2 N–H and O–H groups in total. The lowest BCUT2D eigenvalue weighted by molar-refractivity contribution is -0.384. The molecule has 1 saturated carbocycles. The Morgan fingerprint density at radius 2 is 1.57 bits per heavy atom. The van der Waals surface area contributed by atoms with Gasteiger partial charge in [0.1, 0.15) is 5.69 Å². The van der Waals surface area contributed by atoms with Crippen molar-refractivity contribution in [3.8, 4) is 0 Å². The maximum absolute atomic E-state index is 12.8. The first-order chi connectivity index (χ1) is 13.2. The summed E-state index contributed by atoms with van der Waals surface area (Å²) in [5.41, 5.74) is 3.17. The molecule has 0 spiro atoms. The van der Waals surface area contributed by atoms with Crippen molar-refractivity contribution in [3.05, 3.63) is 33.9 Å². The molecule has 8 nitrogen and oxygen atoms in total.